The van der Waals surface area contributed by atoms with E-state index in [4.69, 9.17) is 16.0 Å². The van der Waals surface area contributed by atoms with E-state index in [-0.39, 0.29) is 0 Å². The quantitative estimate of drug-likeness (QED) is 0.707. The number of benzene rings is 2. The molecule has 98 valence electrons. The van der Waals surface area contributed by atoms with Gasteiger partial charge in [-0.1, -0.05) is 41.9 Å². The third-order valence-corrected chi connectivity index (χ3v) is 3.00. The molecule has 3 rings (SSSR count). The van der Waals surface area contributed by atoms with E-state index in [2.05, 4.69) is 10.2 Å². The average Bonchev–Trinajstić information content (AvgIpc) is 2.96. The second-order valence-electron chi connectivity index (χ2n) is 4.20. The third kappa shape index (κ3) is 2.95. The van der Waals surface area contributed by atoms with Gasteiger partial charge in [0.15, 0.2) is 0 Å². The van der Waals surface area contributed by atoms with Gasteiger partial charge < -0.3 is 4.42 Å². The van der Waals surface area contributed by atoms with Crippen molar-refractivity contribution in [2.75, 3.05) is 0 Å². The number of aromatic nitrogens is 2. The average molecular weight is 283 g/mol. The minimum atomic E-state index is 0.471. The molecule has 0 bridgehead atoms. The summed E-state index contributed by atoms with van der Waals surface area (Å²) in [4.78, 5) is 0. The predicted octanol–water partition coefficient (Wildman–Crippen LogP) is 4.56. The summed E-state index contributed by atoms with van der Waals surface area (Å²) in [5.41, 5.74) is 1.93. The number of hydrogen-bond acceptors (Lipinski definition) is 3. The highest BCUT2D eigenvalue weighted by Crippen LogP contribution is 2.20. The van der Waals surface area contributed by atoms with Crippen LogP contribution in [0.15, 0.2) is 59.0 Å². The maximum atomic E-state index is 5.84. The van der Waals surface area contributed by atoms with E-state index in [1.807, 2.05) is 48.5 Å². The second-order valence-corrected chi connectivity index (χ2v) is 4.63. The van der Waals surface area contributed by atoms with Crippen LogP contribution in [0.1, 0.15) is 11.5 Å². The van der Waals surface area contributed by atoms with Gasteiger partial charge in [0.2, 0.25) is 11.8 Å². The molecule has 0 saturated heterocycles. The Morgan fingerprint density at radius 1 is 0.850 bits per heavy atom. The molecule has 0 radical (unpaired) electrons. The van der Waals surface area contributed by atoms with Crippen LogP contribution in [0.2, 0.25) is 5.02 Å². The molecule has 0 atom stereocenters. The molecule has 0 aliphatic heterocycles. The molecule has 0 N–H and O–H groups in total. The van der Waals surface area contributed by atoms with Gasteiger partial charge >= 0.3 is 0 Å². The fraction of sp³-hybridized carbons (Fsp3) is 0. The molecule has 0 fully saturated rings. The van der Waals surface area contributed by atoms with Crippen LogP contribution < -0.4 is 0 Å². The van der Waals surface area contributed by atoms with E-state index in [1.165, 1.54) is 0 Å². The van der Waals surface area contributed by atoms with Crippen molar-refractivity contribution in [1.29, 1.82) is 0 Å². The van der Waals surface area contributed by atoms with E-state index >= 15 is 0 Å². The summed E-state index contributed by atoms with van der Waals surface area (Å²) in [7, 11) is 0. The first-order chi connectivity index (χ1) is 9.81. The van der Waals surface area contributed by atoms with E-state index < -0.39 is 0 Å². The first-order valence-corrected chi connectivity index (χ1v) is 6.52. The van der Waals surface area contributed by atoms with Crippen LogP contribution in [0.3, 0.4) is 0 Å². The van der Waals surface area contributed by atoms with Crippen molar-refractivity contribution in [2.45, 2.75) is 0 Å². The smallest absolute Gasteiger partial charge is 0.248 e. The summed E-state index contributed by atoms with van der Waals surface area (Å²) in [6.45, 7) is 0. The Morgan fingerprint density at radius 2 is 1.60 bits per heavy atom. The number of hydrogen-bond donors (Lipinski definition) is 0. The lowest BCUT2D eigenvalue weighted by Crippen LogP contribution is -1.76. The Kier molecular flexibility index (Phi) is 3.61. The number of halogens is 1. The van der Waals surface area contributed by atoms with Crippen molar-refractivity contribution in [2.24, 2.45) is 0 Å². The highest BCUT2D eigenvalue weighted by Gasteiger charge is 2.06. The van der Waals surface area contributed by atoms with Crippen LogP contribution in [-0.2, 0) is 0 Å². The summed E-state index contributed by atoms with van der Waals surface area (Å²) in [5, 5.41) is 8.69. The lowest BCUT2D eigenvalue weighted by molar-refractivity contribution is 0.558. The summed E-state index contributed by atoms with van der Waals surface area (Å²) >= 11 is 5.84. The van der Waals surface area contributed by atoms with Gasteiger partial charge in [0.25, 0.3) is 0 Å². The van der Waals surface area contributed by atoms with Gasteiger partial charge in [-0.05, 0) is 35.9 Å². The zero-order chi connectivity index (χ0) is 13.8. The molecule has 20 heavy (non-hydrogen) atoms. The second kappa shape index (κ2) is 5.72. The number of rotatable bonds is 3. The molecule has 1 aromatic heterocycles. The first kappa shape index (κ1) is 12.6. The predicted molar refractivity (Wildman–Crippen MR) is 80.1 cm³/mol. The van der Waals surface area contributed by atoms with Crippen LogP contribution in [0.25, 0.3) is 23.6 Å². The van der Waals surface area contributed by atoms with Gasteiger partial charge in [0.1, 0.15) is 0 Å². The van der Waals surface area contributed by atoms with Crippen molar-refractivity contribution in [3.63, 3.8) is 0 Å². The van der Waals surface area contributed by atoms with Gasteiger partial charge in [0, 0.05) is 16.7 Å². The standard InChI is InChI=1S/C16H11ClN2O/c17-14-9-7-13(8-10-14)16-19-18-15(20-16)11-6-12-4-2-1-3-5-12/h1-11H. The first-order valence-electron chi connectivity index (χ1n) is 6.14. The highest BCUT2D eigenvalue weighted by molar-refractivity contribution is 6.30. The zero-order valence-electron chi connectivity index (χ0n) is 10.5. The molecule has 0 amide bonds. The van der Waals surface area contributed by atoms with Crippen LogP contribution in [0, 0.1) is 0 Å². The molecule has 3 aromatic rings. The van der Waals surface area contributed by atoms with Crippen molar-refractivity contribution in [3.8, 4) is 11.5 Å². The molecule has 0 aliphatic carbocycles. The fourth-order valence-corrected chi connectivity index (χ4v) is 1.87. The maximum absolute atomic E-state index is 5.84. The molecule has 4 heteroatoms. The van der Waals surface area contributed by atoms with E-state index in [9.17, 15) is 0 Å². The Balaban J connectivity index is 1.80. The minimum absolute atomic E-state index is 0.471. The number of nitrogens with zero attached hydrogens (tertiary/aromatic N) is 2. The van der Waals surface area contributed by atoms with Crippen LogP contribution in [0.5, 0.6) is 0 Å². The van der Waals surface area contributed by atoms with Crippen LogP contribution in [-0.4, -0.2) is 10.2 Å². The van der Waals surface area contributed by atoms with Crippen molar-refractivity contribution in [3.05, 3.63) is 71.1 Å². The highest BCUT2D eigenvalue weighted by atomic mass is 35.5. The van der Waals surface area contributed by atoms with E-state index in [0.29, 0.717) is 16.8 Å². The van der Waals surface area contributed by atoms with Gasteiger partial charge in [-0.15, -0.1) is 10.2 Å². The maximum Gasteiger partial charge on any atom is 0.248 e. The van der Waals surface area contributed by atoms with Gasteiger partial charge in [0.05, 0.1) is 0 Å². The lowest BCUT2D eigenvalue weighted by atomic mass is 10.2. The molecule has 0 saturated carbocycles. The van der Waals surface area contributed by atoms with Crippen molar-refractivity contribution in [1.82, 2.24) is 10.2 Å². The summed E-state index contributed by atoms with van der Waals surface area (Å²) in [6.07, 6.45) is 3.72. The Bertz CT molecular complexity index is 718. The summed E-state index contributed by atoms with van der Waals surface area (Å²) < 4.78 is 5.58. The fourth-order valence-electron chi connectivity index (χ4n) is 1.74. The molecule has 0 aliphatic rings. The largest absolute Gasteiger partial charge is 0.417 e. The van der Waals surface area contributed by atoms with Gasteiger partial charge in [-0.2, -0.15) is 0 Å². The Labute approximate surface area is 121 Å². The van der Waals surface area contributed by atoms with E-state index in [0.717, 1.165) is 11.1 Å². The van der Waals surface area contributed by atoms with Crippen LogP contribution in [0.4, 0.5) is 0 Å². The lowest BCUT2D eigenvalue weighted by Gasteiger charge is -1.93. The molecule has 0 spiro atoms. The Morgan fingerprint density at radius 3 is 2.35 bits per heavy atom. The monoisotopic (exact) mass is 282 g/mol. The normalized spacial score (nSPS) is 11.1. The van der Waals surface area contributed by atoms with Gasteiger partial charge in [-0.3, -0.25) is 0 Å². The Hall–Kier alpha value is -2.39. The molecule has 2 aromatic carbocycles. The third-order valence-electron chi connectivity index (χ3n) is 2.75. The van der Waals surface area contributed by atoms with E-state index in [1.54, 1.807) is 18.2 Å². The minimum Gasteiger partial charge on any atom is -0.417 e. The van der Waals surface area contributed by atoms with Crippen molar-refractivity contribution < 1.29 is 4.42 Å². The molecule has 3 nitrogen and oxygen atoms in total. The SMILES string of the molecule is Clc1ccc(-c2nnc(C=Cc3ccccc3)o2)cc1. The summed E-state index contributed by atoms with van der Waals surface area (Å²) in [5.74, 6) is 0.952. The van der Waals surface area contributed by atoms with Crippen LogP contribution >= 0.6 is 11.6 Å². The van der Waals surface area contributed by atoms with Gasteiger partial charge in [-0.25, -0.2) is 0 Å². The molecule has 1 heterocycles. The summed E-state index contributed by atoms with van der Waals surface area (Å²) in [6, 6.07) is 17.2. The molecular weight excluding hydrogens is 272 g/mol. The molecule has 0 unspecified atom stereocenters. The zero-order valence-corrected chi connectivity index (χ0v) is 11.3. The molecular formula is C16H11ClN2O. The van der Waals surface area contributed by atoms with Crippen molar-refractivity contribution >= 4 is 23.8 Å². The topological polar surface area (TPSA) is 38.9 Å².